The number of allylic oxidation sites excluding steroid dienone is 2. The van der Waals surface area contributed by atoms with E-state index in [1.807, 2.05) is 0 Å². The zero-order valence-electron chi connectivity index (χ0n) is 77.4. The number of carbonyl (C=O) groups excluding carboxylic acids is 17. The van der Waals surface area contributed by atoms with Gasteiger partial charge in [-0.15, -0.1) is 0 Å². The summed E-state index contributed by atoms with van der Waals surface area (Å²) in [6, 6.07) is -14.6. The number of ether oxygens (including phenoxy) is 2. The lowest BCUT2D eigenvalue weighted by molar-refractivity contribution is -0.141. The maximum atomic E-state index is 15.3. The maximum Gasteiger partial charge on any atom is 0.305 e. The molecule has 0 unspecified atom stereocenters. The third-order valence-corrected chi connectivity index (χ3v) is 23.9. The molecule has 135 heavy (non-hydrogen) atoms. The monoisotopic (exact) mass is 1930 g/mol. The fourth-order valence-corrected chi connectivity index (χ4v) is 16.2. The fraction of sp³-hybridized carbons (Fsp3) is 0.558. The number of nitrogens with zero attached hydrogens (tertiary/aromatic N) is 2. The highest BCUT2D eigenvalue weighted by atomic mass is 33.1. The topological polar surface area (TPSA) is 722 Å². The Morgan fingerprint density at radius 2 is 1.30 bits per heavy atom. The number of nitrogens with two attached hydrogens (primary N) is 3. The summed E-state index contributed by atoms with van der Waals surface area (Å²) in [6.45, 7) is 14.1. The lowest BCUT2D eigenvalue weighted by atomic mass is 9.97. The molecule has 0 bridgehead atoms. The maximum absolute atomic E-state index is 15.3. The molecule has 0 saturated carbocycles. The van der Waals surface area contributed by atoms with E-state index in [-0.39, 0.29) is 70.7 Å². The van der Waals surface area contributed by atoms with Gasteiger partial charge in [0.15, 0.2) is 5.96 Å². The van der Waals surface area contributed by atoms with Crippen molar-refractivity contribution >= 4 is 151 Å². The molecule has 3 aromatic heterocycles. The molecule has 0 aliphatic carbocycles. The number of aromatic nitrogens is 4. The Hall–Kier alpha value is -13.0. The molecule has 1 aliphatic rings. The van der Waals surface area contributed by atoms with E-state index < -0.39 is 253 Å². The first kappa shape index (κ1) is 113. The van der Waals surface area contributed by atoms with E-state index in [9.17, 15) is 72.5 Å². The Balaban J connectivity index is 1.65. The summed E-state index contributed by atoms with van der Waals surface area (Å²) in [6.07, 6.45) is 7.06. The quantitative estimate of drug-likeness (QED) is 0.00648. The van der Waals surface area contributed by atoms with Crippen molar-refractivity contribution in [3.05, 3.63) is 96.0 Å². The molecule has 0 spiro atoms. The molecule has 49 heteroatoms. The van der Waals surface area contributed by atoms with Gasteiger partial charge >= 0.3 is 5.97 Å². The third-order valence-electron chi connectivity index (χ3n) is 21.5. The lowest BCUT2D eigenvalue weighted by Gasteiger charge is -2.29. The van der Waals surface area contributed by atoms with Crippen LogP contribution in [0.4, 0.5) is 0 Å². The number of aliphatic hydroxyl groups excluding tert-OH is 1. The number of aliphatic carboxylic acids is 1. The summed E-state index contributed by atoms with van der Waals surface area (Å²) in [5.41, 5.74) is 19.6. The van der Waals surface area contributed by atoms with E-state index in [1.54, 1.807) is 82.0 Å². The molecule has 1 aliphatic heterocycles. The van der Waals surface area contributed by atoms with Gasteiger partial charge in [-0.2, -0.15) is 0 Å². The van der Waals surface area contributed by atoms with E-state index in [0.717, 1.165) is 34.9 Å². The minimum atomic E-state index is -2.09. The number of primary amides is 2. The van der Waals surface area contributed by atoms with Crippen molar-refractivity contribution in [2.24, 2.45) is 36.1 Å². The second-order valence-electron chi connectivity index (χ2n) is 32.7. The van der Waals surface area contributed by atoms with Crippen LogP contribution in [0.25, 0.3) is 17.0 Å². The molecule has 15 atom stereocenters. The van der Waals surface area contributed by atoms with Gasteiger partial charge in [0.1, 0.15) is 85.2 Å². The Labute approximate surface area is 788 Å². The highest BCUT2D eigenvalue weighted by Gasteiger charge is 2.40. The summed E-state index contributed by atoms with van der Waals surface area (Å²) >= 11 is 0. The molecule has 744 valence electrons. The van der Waals surface area contributed by atoms with E-state index in [2.05, 4.69) is 112 Å². The number of fused-ring (bicyclic) bond motifs is 1. The van der Waals surface area contributed by atoms with Gasteiger partial charge in [0.25, 0.3) is 0 Å². The Morgan fingerprint density at radius 3 is 1.94 bits per heavy atom. The number of guanidine groups is 1. The molecule has 0 radical (unpaired) electrons. The van der Waals surface area contributed by atoms with Crippen LogP contribution in [0.5, 0.6) is 0 Å². The average molecular weight is 1930 g/mol. The minimum Gasteiger partial charge on any atom is -0.481 e. The number of carboxylic acids is 1. The van der Waals surface area contributed by atoms with Gasteiger partial charge in [-0.1, -0.05) is 92.6 Å². The van der Waals surface area contributed by atoms with Crippen LogP contribution in [0.15, 0.2) is 67.9 Å². The highest BCUT2D eigenvalue weighted by molar-refractivity contribution is 8.76. The summed E-state index contributed by atoms with van der Waals surface area (Å²) in [5, 5.41) is 73.6. The lowest BCUT2D eigenvalue weighted by Crippen LogP contribution is -2.61. The highest BCUT2D eigenvalue weighted by Crippen LogP contribution is 2.26. The number of nitrogens with one attached hydrogen (secondary N) is 20. The van der Waals surface area contributed by atoms with Gasteiger partial charge in [-0.25, -0.2) is 4.98 Å². The largest absolute Gasteiger partial charge is 0.481 e. The van der Waals surface area contributed by atoms with E-state index in [4.69, 9.17) is 32.1 Å². The van der Waals surface area contributed by atoms with Gasteiger partial charge in [0.05, 0.1) is 45.2 Å². The minimum absolute atomic E-state index is 0.0435. The number of hydrogen-bond donors (Lipinski definition) is 25. The van der Waals surface area contributed by atoms with Crippen LogP contribution in [0.1, 0.15) is 134 Å². The number of aryl methyl sites for hydroxylation is 1. The number of unbranched alkanes of at least 4 members (excludes halogenated alkanes) is 1. The Morgan fingerprint density at radius 1 is 0.681 bits per heavy atom. The van der Waals surface area contributed by atoms with Crippen molar-refractivity contribution in [2.45, 2.75) is 217 Å². The number of benzene rings is 1. The first-order valence-corrected chi connectivity index (χ1v) is 46.6. The van der Waals surface area contributed by atoms with Crippen LogP contribution in [0, 0.1) is 24.2 Å². The second kappa shape index (κ2) is 58.2. The number of carbonyl (C=O) groups is 18. The number of para-hydroxylation sites is 1. The van der Waals surface area contributed by atoms with Crippen molar-refractivity contribution in [3.8, 4) is 0 Å². The smallest absolute Gasteiger partial charge is 0.305 e. The molecule has 1 fully saturated rings. The number of imidazole rings is 1. The van der Waals surface area contributed by atoms with Gasteiger partial charge in [-0.3, -0.25) is 91.7 Å². The second-order valence-corrected chi connectivity index (χ2v) is 35.2. The fourth-order valence-electron chi connectivity index (χ4n) is 13.9. The molecule has 4 aromatic rings. The SMILES string of the molecule is C=C/C=C\c1c(C)c(C[C@@H]2NC(=O)[C@H](C(C)C)NC(=O)[C@@H](NC(=O)[C@@H](NC(C)=O)[C@@H](C)CC)CSSC[C@@H](C(=O)N[C@H](C(=O)NCCOCCOCC(=O)N[C@@H](CCCCNC)C(N)=O)[C@@H](C)O)NC(=O)[C@H](CCCNC(=N)N)NC(=O)[C@H](Cc3cnc[nH]3)NC(=O)[C@H](C)NC(=O)CNC(=O)[C@H](Cc3c[nH]c4ccccc34)NC(=O)[C@H](CC(=O)O)NC(=O)[C@H](CCC(N)=O)NC2=O)cn1C. The number of aromatic amines is 2. The van der Waals surface area contributed by atoms with Crippen molar-refractivity contribution in [1.82, 2.24) is 110 Å². The molecule has 17 amide bonds. The Kier molecular flexibility index (Phi) is 48.5. The number of amides is 17. The van der Waals surface area contributed by atoms with Crippen LogP contribution in [-0.2, 0) is 122 Å². The van der Waals surface area contributed by atoms with Crippen molar-refractivity contribution in [2.75, 3.05) is 71.2 Å². The van der Waals surface area contributed by atoms with Crippen molar-refractivity contribution in [1.29, 1.82) is 5.41 Å². The first-order chi connectivity index (χ1) is 64.1. The van der Waals surface area contributed by atoms with Crippen LogP contribution < -0.4 is 108 Å². The van der Waals surface area contributed by atoms with Crippen LogP contribution in [0.3, 0.4) is 0 Å². The van der Waals surface area contributed by atoms with Crippen LogP contribution in [-0.4, -0.2) is 298 Å². The zero-order valence-corrected chi connectivity index (χ0v) is 79.0. The first-order valence-electron chi connectivity index (χ1n) is 44.1. The van der Waals surface area contributed by atoms with Crippen LogP contribution >= 0.6 is 21.6 Å². The van der Waals surface area contributed by atoms with E-state index >= 15 is 24.0 Å². The summed E-state index contributed by atoms with van der Waals surface area (Å²) in [4.78, 5) is 265. The van der Waals surface area contributed by atoms with Gasteiger partial charge in [-0.05, 0) is 114 Å². The molecule has 4 heterocycles. The number of rotatable bonds is 42. The van der Waals surface area contributed by atoms with Crippen LogP contribution in [0.2, 0.25) is 0 Å². The predicted octanol–water partition coefficient (Wildman–Crippen LogP) is -5.27. The van der Waals surface area contributed by atoms with Crippen molar-refractivity contribution in [3.63, 3.8) is 0 Å². The standard InChI is InChI=1S/C86H131N25O22S2/c1-12-14-24-65-47(6)52(40-111(65)11)34-60-78(124)102-58(25-26-66(87)114)77(123)105-62(36-69(117)118)80(126)104-59(33-51-37-95-55-21-16-15-20-54(51)55)75(121)96-39-67(115)98-48(7)74(120)103-61(35-53-38-92-44-97-53)79(125)101-57(23-19-28-94-86(89)90)76(122)107-63(42-134-135-43-64(81(127)109-70(45(3)4)84(130)106-60)108-85(131)71(46(5)13-2)99-50(9)113)82(128)110-72(49(8)112)83(129)93-29-30-132-31-32-133-41-68(116)100-56(73(88)119)22-17-18-27-91-10/h12,14-16,20-21,24,37-38,40,44-46,48-49,56-64,70-72,91,95,112H,1,13,17-19,22-23,25-36,39,41-43H2,2-11H3,(H2,87,114)(H2,88,119)(H,92,97)(H,93,129)(H,96,121)(H,98,115)(H,99,113)(H,100,116)(H,101,125)(H,102,124)(H,103,120)(H,104,126)(H,105,123)(H,106,130)(H,107,122)(H,108,131)(H,109,127)(H,110,128)(H,117,118)(H4,89,90,94)/b24-14-/t46-,48-,49+,56-,57-,58-,59-,60-,61-,62-,63-,64-,70-,71-,72-/m0/s1. The summed E-state index contributed by atoms with van der Waals surface area (Å²) in [5.74, 6) is -21.6. The molecule has 1 saturated heterocycles. The number of carboxylic acid groups (broad SMARTS) is 1. The molecular formula is C86H131N25O22S2. The molecular weight excluding hydrogens is 1800 g/mol. The van der Waals surface area contributed by atoms with Gasteiger partial charge < -0.3 is 142 Å². The number of H-pyrrole nitrogens is 2. The molecule has 5 rings (SSSR count). The molecule has 1 aromatic carbocycles. The van der Waals surface area contributed by atoms with E-state index in [0.29, 0.717) is 59.1 Å². The normalized spacial score (nSPS) is 21.1. The van der Waals surface area contributed by atoms with Gasteiger partial charge in [0.2, 0.25) is 100 Å². The third kappa shape index (κ3) is 39.2. The van der Waals surface area contributed by atoms with E-state index in [1.165, 1.54) is 52.5 Å². The van der Waals surface area contributed by atoms with Gasteiger partial charge in [0, 0.05) is 105 Å². The molecule has 28 N–H and O–H groups in total. The predicted molar refractivity (Wildman–Crippen MR) is 499 cm³/mol. The Bertz CT molecular complexity index is 4780. The summed E-state index contributed by atoms with van der Waals surface area (Å²) < 4.78 is 12.7. The average Bonchev–Trinajstić information content (AvgIpc) is 1.69. The zero-order chi connectivity index (χ0) is 100. The summed E-state index contributed by atoms with van der Waals surface area (Å²) in [7, 11) is 5.07. The molecule has 47 nitrogen and oxygen atoms in total. The number of aliphatic hydroxyl groups is 1. The number of hydrogen-bond acceptors (Lipinski definition) is 26. The van der Waals surface area contributed by atoms with Crippen molar-refractivity contribution < 1.29 is 106 Å².